The Morgan fingerprint density at radius 2 is 1.57 bits per heavy atom. The minimum absolute atomic E-state index is 0.243. The third-order valence-corrected chi connectivity index (χ3v) is 5.49. The molecule has 0 radical (unpaired) electrons. The molecule has 4 rings (SSSR count). The lowest BCUT2D eigenvalue weighted by molar-refractivity contribution is -0.123. The van der Waals surface area contributed by atoms with Crippen molar-refractivity contribution in [3.8, 4) is 5.75 Å². The number of amides is 3. The molecule has 5 nitrogen and oxygen atoms in total. The summed E-state index contributed by atoms with van der Waals surface area (Å²) in [6, 6.07) is 24.7. The van der Waals surface area contributed by atoms with Crippen molar-refractivity contribution >= 4 is 40.6 Å². The molecule has 3 amide bonds. The molecule has 1 aliphatic rings. The molecule has 0 atom stereocenters. The van der Waals surface area contributed by atoms with E-state index in [-0.39, 0.29) is 18.1 Å². The standard InChI is InChI=1S/C24H19IN2O3/c25-20-13-19(11-12-22(20)30-16-18-9-5-2-6-10-18)14-21-23(28)27(24(29)26-21)15-17-7-3-1-4-8-17/h1-14H,15-16H2,(H,26,29)/b21-14+. The summed E-state index contributed by atoms with van der Waals surface area (Å²) in [5.74, 6) is 0.442. The molecule has 0 unspecified atom stereocenters. The van der Waals surface area contributed by atoms with Gasteiger partial charge in [-0.1, -0.05) is 66.7 Å². The van der Waals surface area contributed by atoms with E-state index in [4.69, 9.17) is 4.74 Å². The van der Waals surface area contributed by atoms with Crippen LogP contribution in [0.2, 0.25) is 0 Å². The van der Waals surface area contributed by atoms with E-state index in [0.717, 1.165) is 26.0 Å². The van der Waals surface area contributed by atoms with Crippen LogP contribution in [0.1, 0.15) is 16.7 Å². The third-order valence-electron chi connectivity index (χ3n) is 4.65. The van der Waals surface area contributed by atoms with Crippen LogP contribution in [-0.2, 0) is 17.9 Å². The predicted octanol–water partition coefficient (Wildman–Crippen LogP) is 4.96. The van der Waals surface area contributed by atoms with Crippen LogP contribution in [0.15, 0.2) is 84.6 Å². The molecule has 30 heavy (non-hydrogen) atoms. The van der Waals surface area contributed by atoms with Gasteiger partial charge in [0.1, 0.15) is 18.1 Å². The normalized spacial score (nSPS) is 14.8. The van der Waals surface area contributed by atoms with Crippen LogP contribution < -0.4 is 10.1 Å². The van der Waals surface area contributed by atoms with E-state index in [1.54, 1.807) is 6.08 Å². The van der Waals surface area contributed by atoms with Crippen LogP contribution in [0.3, 0.4) is 0 Å². The number of rotatable bonds is 6. The Balaban J connectivity index is 1.46. The maximum atomic E-state index is 12.7. The molecule has 1 saturated heterocycles. The first-order chi connectivity index (χ1) is 14.6. The zero-order chi connectivity index (χ0) is 20.9. The molecule has 1 aliphatic heterocycles. The highest BCUT2D eigenvalue weighted by molar-refractivity contribution is 14.1. The number of ether oxygens (including phenoxy) is 1. The van der Waals surface area contributed by atoms with Crippen LogP contribution in [-0.4, -0.2) is 16.8 Å². The Labute approximate surface area is 188 Å². The van der Waals surface area contributed by atoms with E-state index in [9.17, 15) is 9.59 Å². The Bertz CT molecular complexity index is 1100. The number of imide groups is 1. The monoisotopic (exact) mass is 510 g/mol. The molecule has 0 aromatic heterocycles. The largest absolute Gasteiger partial charge is 0.488 e. The van der Waals surface area contributed by atoms with E-state index in [2.05, 4.69) is 27.9 Å². The van der Waals surface area contributed by atoms with Crippen molar-refractivity contribution in [2.24, 2.45) is 0 Å². The number of hydrogen-bond donors (Lipinski definition) is 1. The summed E-state index contributed by atoms with van der Waals surface area (Å²) in [5.41, 5.74) is 3.08. The van der Waals surface area contributed by atoms with Crippen LogP contribution in [0.5, 0.6) is 5.75 Å². The topological polar surface area (TPSA) is 58.6 Å². The molecule has 3 aromatic carbocycles. The first kappa shape index (κ1) is 20.2. The summed E-state index contributed by atoms with van der Waals surface area (Å²) >= 11 is 2.21. The van der Waals surface area contributed by atoms with Gasteiger partial charge in [-0.3, -0.25) is 9.69 Å². The van der Waals surface area contributed by atoms with Crippen molar-refractivity contribution in [3.05, 3.63) is 105 Å². The molecule has 150 valence electrons. The molecular weight excluding hydrogens is 491 g/mol. The molecule has 1 heterocycles. The van der Waals surface area contributed by atoms with E-state index >= 15 is 0 Å². The van der Waals surface area contributed by atoms with Crippen molar-refractivity contribution in [2.45, 2.75) is 13.2 Å². The third kappa shape index (κ3) is 4.71. The number of benzene rings is 3. The van der Waals surface area contributed by atoms with Gasteiger partial charge in [-0.15, -0.1) is 0 Å². The second kappa shape index (κ2) is 9.13. The summed E-state index contributed by atoms with van der Waals surface area (Å²) in [4.78, 5) is 26.2. The van der Waals surface area contributed by atoms with Gasteiger partial charge in [-0.05, 0) is 57.5 Å². The Morgan fingerprint density at radius 1 is 0.900 bits per heavy atom. The molecule has 0 aliphatic carbocycles. The SMILES string of the molecule is O=C1N/C(=C/c2ccc(OCc3ccccc3)c(I)c2)C(=O)N1Cc1ccccc1. The van der Waals surface area contributed by atoms with Gasteiger partial charge in [-0.25, -0.2) is 4.79 Å². The van der Waals surface area contributed by atoms with E-state index in [0.29, 0.717) is 6.61 Å². The summed E-state index contributed by atoms with van der Waals surface area (Å²) in [6.07, 6.45) is 1.69. The van der Waals surface area contributed by atoms with Crippen molar-refractivity contribution in [1.82, 2.24) is 10.2 Å². The zero-order valence-electron chi connectivity index (χ0n) is 16.0. The highest BCUT2D eigenvalue weighted by Crippen LogP contribution is 2.25. The van der Waals surface area contributed by atoms with Crippen molar-refractivity contribution in [3.63, 3.8) is 0 Å². The van der Waals surface area contributed by atoms with Gasteiger partial charge in [0.25, 0.3) is 5.91 Å². The Hall–Kier alpha value is -3.13. The van der Waals surface area contributed by atoms with Gasteiger partial charge >= 0.3 is 6.03 Å². The fourth-order valence-corrected chi connectivity index (χ4v) is 3.80. The first-order valence-electron chi connectivity index (χ1n) is 9.45. The summed E-state index contributed by atoms with van der Waals surface area (Å²) in [6.45, 7) is 0.729. The van der Waals surface area contributed by atoms with E-state index in [1.807, 2.05) is 78.9 Å². The Kier molecular flexibility index (Phi) is 6.13. The van der Waals surface area contributed by atoms with Crippen LogP contribution in [0.4, 0.5) is 4.79 Å². The number of nitrogens with zero attached hydrogens (tertiary/aromatic N) is 1. The lowest BCUT2D eigenvalue weighted by Crippen LogP contribution is -2.30. The molecule has 3 aromatic rings. The van der Waals surface area contributed by atoms with Gasteiger partial charge in [0.2, 0.25) is 0 Å². The van der Waals surface area contributed by atoms with Gasteiger partial charge in [0, 0.05) is 0 Å². The number of nitrogens with one attached hydrogen (secondary N) is 1. The van der Waals surface area contributed by atoms with Gasteiger partial charge in [0.05, 0.1) is 10.1 Å². The predicted molar refractivity (Wildman–Crippen MR) is 123 cm³/mol. The molecule has 0 saturated carbocycles. The number of carbonyl (C=O) groups excluding carboxylic acids is 2. The fraction of sp³-hybridized carbons (Fsp3) is 0.0833. The second-order valence-corrected chi connectivity index (χ2v) is 7.99. The van der Waals surface area contributed by atoms with Crippen molar-refractivity contribution < 1.29 is 14.3 Å². The van der Waals surface area contributed by atoms with Gasteiger partial charge < -0.3 is 10.1 Å². The molecule has 1 N–H and O–H groups in total. The quantitative estimate of drug-likeness (QED) is 0.290. The highest BCUT2D eigenvalue weighted by Gasteiger charge is 2.33. The summed E-state index contributed by atoms with van der Waals surface area (Å²) in [7, 11) is 0. The minimum atomic E-state index is -0.410. The molecule has 1 fully saturated rings. The molecule has 0 bridgehead atoms. The smallest absolute Gasteiger partial charge is 0.329 e. The summed E-state index contributed by atoms with van der Waals surface area (Å²) < 4.78 is 6.82. The summed E-state index contributed by atoms with van der Waals surface area (Å²) in [5, 5.41) is 2.67. The average Bonchev–Trinajstić information content (AvgIpc) is 3.02. The molecule has 0 spiro atoms. The van der Waals surface area contributed by atoms with Crippen LogP contribution in [0.25, 0.3) is 6.08 Å². The van der Waals surface area contributed by atoms with Crippen molar-refractivity contribution in [2.75, 3.05) is 0 Å². The van der Waals surface area contributed by atoms with Gasteiger partial charge in [0.15, 0.2) is 0 Å². The van der Waals surface area contributed by atoms with Crippen molar-refractivity contribution in [1.29, 1.82) is 0 Å². The second-order valence-electron chi connectivity index (χ2n) is 6.83. The fourth-order valence-electron chi connectivity index (χ4n) is 3.11. The number of urea groups is 1. The number of hydrogen-bond acceptors (Lipinski definition) is 3. The minimum Gasteiger partial charge on any atom is -0.488 e. The number of halogens is 1. The van der Waals surface area contributed by atoms with E-state index < -0.39 is 6.03 Å². The first-order valence-corrected chi connectivity index (χ1v) is 10.5. The maximum Gasteiger partial charge on any atom is 0.329 e. The lowest BCUT2D eigenvalue weighted by Gasteiger charge is -2.11. The number of carbonyl (C=O) groups is 2. The zero-order valence-corrected chi connectivity index (χ0v) is 18.2. The lowest BCUT2D eigenvalue weighted by atomic mass is 10.1. The van der Waals surface area contributed by atoms with Crippen LogP contribution >= 0.6 is 22.6 Å². The molecular formula is C24H19IN2O3. The van der Waals surface area contributed by atoms with E-state index in [1.165, 1.54) is 4.90 Å². The average molecular weight is 510 g/mol. The van der Waals surface area contributed by atoms with Crippen LogP contribution in [0, 0.1) is 3.57 Å². The Morgan fingerprint density at radius 3 is 2.23 bits per heavy atom. The molecule has 6 heteroatoms. The maximum absolute atomic E-state index is 12.7. The van der Waals surface area contributed by atoms with Gasteiger partial charge in [-0.2, -0.15) is 0 Å². The highest BCUT2D eigenvalue weighted by atomic mass is 127.